The van der Waals surface area contributed by atoms with E-state index in [9.17, 15) is 17.2 Å². The minimum atomic E-state index is -3.31. The molecule has 2 aromatic rings. The van der Waals surface area contributed by atoms with E-state index in [1.165, 1.54) is 16.7 Å². The van der Waals surface area contributed by atoms with Crippen LogP contribution in [0.15, 0.2) is 23.6 Å². The number of aromatic nitrogens is 2. The zero-order valence-electron chi connectivity index (χ0n) is 9.43. The number of H-pyrrole nitrogens is 1. The largest absolute Gasteiger partial charge is 0.330 e. The normalized spacial score (nSPS) is 21.3. The summed E-state index contributed by atoms with van der Waals surface area (Å²) in [5.41, 5.74) is 0.290. The molecule has 0 amide bonds. The zero-order chi connectivity index (χ0) is 13.8. The third-order valence-corrected chi connectivity index (χ3v) is 4.69. The molecule has 4 nitrogen and oxygen atoms in total. The van der Waals surface area contributed by atoms with E-state index in [-0.39, 0.29) is 16.0 Å². The number of fused-ring (bicyclic) bond motifs is 1. The molecule has 19 heavy (non-hydrogen) atoms. The maximum Gasteiger partial charge on any atom is 0.184 e. The number of benzene rings is 1. The Morgan fingerprint density at radius 2 is 2.11 bits per heavy atom. The van der Waals surface area contributed by atoms with Crippen LogP contribution in [0.1, 0.15) is 6.04 Å². The summed E-state index contributed by atoms with van der Waals surface area (Å²) in [5.74, 6) is -2.24. The maximum atomic E-state index is 13.9. The number of sulfone groups is 1. The van der Waals surface area contributed by atoms with Crippen molar-refractivity contribution in [1.82, 2.24) is 9.55 Å². The van der Waals surface area contributed by atoms with Gasteiger partial charge in [-0.15, -0.1) is 0 Å². The van der Waals surface area contributed by atoms with E-state index in [0.717, 1.165) is 11.5 Å². The Hall–Kier alpha value is -1.54. The van der Waals surface area contributed by atoms with Gasteiger partial charge < -0.3 is 9.55 Å². The molecule has 0 saturated heterocycles. The van der Waals surface area contributed by atoms with Gasteiger partial charge in [-0.25, -0.2) is 17.2 Å². The Morgan fingerprint density at radius 1 is 1.37 bits per heavy atom. The number of imidazole rings is 1. The second kappa shape index (κ2) is 3.97. The van der Waals surface area contributed by atoms with Gasteiger partial charge in [0.1, 0.15) is 5.52 Å². The van der Waals surface area contributed by atoms with Crippen LogP contribution in [-0.4, -0.2) is 23.7 Å². The van der Waals surface area contributed by atoms with Gasteiger partial charge in [-0.3, -0.25) is 0 Å². The van der Waals surface area contributed by atoms with Crippen molar-refractivity contribution < 1.29 is 17.2 Å². The lowest BCUT2D eigenvalue weighted by Gasteiger charge is -2.10. The predicted octanol–water partition coefficient (Wildman–Crippen LogP) is 2.46. The molecule has 1 aromatic heterocycles. The Morgan fingerprint density at radius 3 is 2.74 bits per heavy atom. The Labute approximate surface area is 112 Å². The second-order valence-electron chi connectivity index (χ2n) is 4.28. The highest BCUT2D eigenvalue weighted by atomic mass is 32.2. The number of nitrogens with zero attached hydrogens (tertiary/aromatic N) is 1. The Kier molecular flexibility index (Phi) is 2.61. The molecule has 0 spiro atoms. The van der Waals surface area contributed by atoms with Crippen LogP contribution in [0.2, 0.25) is 0 Å². The van der Waals surface area contributed by atoms with E-state index in [2.05, 4.69) is 4.98 Å². The van der Waals surface area contributed by atoms with E-state index in [4.69, 9.17) is 12.2 Å². The third kappa shape index (κ3) is 1.91. The summed E-state index contributed by atoms with van der Waals surface area (Å²) >= 11 is 5.06. The quantitative estimate of drug-likeness (QED) is 0.823. The first-order valence-electron chi connectivity index (χ1n) is 5.38. The molecule has 100 valence electrons. The number of hydrogen-bond donors (Lipinski definition) is 1. The van der Waals surface area contributed by atoms with Gasteiger partial charge in [0.25, 0.3) is 0 Å². The molecule has 3 rings (SSSR count). The predicted molar refractivity (Wildman–Crippen MR) is 69.0 cm³/mol. The summed E-state index contributed by atoms with van der Waals surface area (Å²) in [7, 11) is -3.31. The fraction of sp³-hybridized carbons (Fsp3) is 0.182. The molecule has 1 unspecified atom stereocenters. The van der Waals surface area contributed by atoms with E-state index in [1.54, 1.807) is 0 Å². The molecule has 1 atom stereocenters. The van der Waals surface area contributed by atoms with Crippen molar-refractivity contribution in [3.8, 4) is 0 Å². The molecular formula is C11H8F2N2O2S2. The van der Waals surface area contributed by atoms with Crippen LogP contribution in [-0.2, 0) is 9.84 Å². The maximum absolute atomic E-state index is 13.9. The first-order valence-corrected chi connectivity index (χ1v) is 7.50. The van der Waals surface area contributed by atoms with E-state index in [0.29, 0.717) is 5.52 Å². The summed E-state index contributed by atoms with van der Waals surface area (Å²) in [6.45, 7) is 0. The Balaban J connectivity index is 2.30. The number of hydrogen-bond acceptors (Lipinski definition) is 3. The van der Waals surface area contributed by atoms with Crippen molar-refractivity contribution in [2.45, 2.75) is 6.04 Å². The van der Waals surface area contributed by atoms with E-state index in [1.807, 2.05) is 0 Å². The van der Waals surface area contributed by atoms with E-state index < -0.39 is 27.5 Å². The molecule has 0 fully saturated rings. The smallest absolute Gasteiger partial charge is 0.184 e. The second-order valence-corrected chi connectivity index (χ2v) is 6.60. The zero-order valence-corrected chi connectivity index (χ0v) is 11.1. The van der Waals surface area contributed by atoms with Crippen LogP contribution >= 0.6 is 12.2 Å². The van der Waals surface area contributed by atoms with Crippen LogP contribution in [0.5, 0.6) is 0 Å². The molecular weight excluding hydrogens is 294 g/mol. The molecule has 0 bridgehead atoms. The lowest BCUT2D eigenvalue weighted by atomic mass is 10.2. The summed E-state index contributed by atoms with van der Waals surface area (Å²) in [4.78, 5) is 2.74. The van der Waals surface area contributed by atoms with Crippen molar-refractivity contribution >= 4 is 33.1 Å². The van der Waals surface area contributed by atoms with Crippen LogP contribution in [0.4, 0.5) is 8.78 Å². The van der Waals surface area contributed by atoms with Gasteiger partial charge in [0.2, 0.25) is 0 Å². The monoisotopic (exact) mass is 302 g/mol. The van der Waals surface area contributed by atoms with E-state index >= 15 is 0 Å². The van der Waals surface area contributed by atoms with Crippen LogP contribution < -0.4 is 0 Å². The van der Waals surface area contributed by atoms with Gasteiger partial charge in [-0.1, -0.05) is 0 Å². The van der Waals surface area contributed by atoms with Crippen molar-refractivity contribution in [2.75, 3.05) is 5.75 Å². The number of aromatic amines is 1. The molecule has 0 aliphatic carbocycles. The minimum absolute atomic E-state index is 0.0447. The minimum Gasteiger partial charge on any atom is -0.330 e. The molecule has 0 saturated carbocycles. The first-order chi connectivity index (χ1) is 8.89. The van der Waals surface area contributed by atoms with Crippen molar-refractivity contribution in [2.24, 2.45) is 0 Å². The van der Waals surface area contributed by atoms with Crippen LogP contribution in [0.3, 0.4) is 0 Å². The number of allylic oxidation sites excluding steroid dienone is 1. The van der Waals surface area contributed by atoms with Gasteiger partial charge in [-0.05, 0) is 30.4 Å². The number of halogens is 2. The lowest BCUT2D eigenvalue weighted by molar-refractivity contribution is 0.509. The van der Waals surface area contributed by atoms with Gasteiger partial charge >= 0.3 is 0 Å². The summed E-state index contributed by atoms with van der Waals surface area (Å²) in [5, 5.41) is 1.06. The topological polar surface area (TPSA) is 54.9 Å². The molecule has 2 heterocycles. The van der Waals surface area contributed by atoms with Crippen LogP contribution in [0.25, 0.3) is 11.0 Å². The molecule has 0 radical (unpaired) electrons. The van der Waals surface area contributed by atoms with Crippen molar-refractivity contribution in [1.29, 1.82) is 0 Å². The van der Waals surface area contributed by atoms with Crippen molar-refractivity contribution in [3.05, 3.63) is 40.0 Å². The van der Waals surface area contributed by atoms with Gasteiger partial charge in [0.15, 0.2) is 26.2 Å². The fourth-order valence-electron chi connectivity index (χ4n) is 2.19. The third-order valence-electron chi connectivity index (χ3n) is 3.01. The summed E-state index contributed by atoms with van der Waals surface area (Å²) in [6, 6.07) is 1.74. The fourth-order valence-corrected chi connectivity index (χ4v) is 3.79. The van der Waals surface area contributed by atoms with Gasteiger partial charge in [-0.2, -0.15) is 0 Å². The highest BCUT2D eigenvalue weighted by molar-refractivity contribution is 7.94. The van der Waals surface area contributed by atoms with Crippen LogP contribution in [0, 0.1) is 16.4 Å². The summed E-state index contributed by atoms with van der Waals surface area (Å²) < 4.78 is 51.5. The molecule has 1 N–H and O–H groups in total. The first kappa shape index (κ1) is 12.5. The number of nitrogens with one attached hydrogen (secondary N) is 1. The van der Waals surface area contributed by atoms with Crippen molar-refractivity contribution in [3.63, 3.8) is 0 Å². The average molecular weight is 302 g/mol. The highest BCUT2D eigenvalue weighted by Gasteiger charge is 2.26. The Bertz CT molecular complexity index is 865. The molecule has 8 heteroatoms. The van der Waals surface area contributed by atoms with Gasteiger partial charge in [0.05, 0.1) is 17.3 Å². The number of rotatable bonds is 1. The summed E-state index contributed by atoms with van der Waals surface area (Å²) in [6.07, 6.45) is 1.42. The molecule has 1 aromatic carbocycles. The van der Waals surface area contributed by atoms with Gasteiger partial charge in [0, 0.05) is 5.41 Å². The lowest BCUT2D eigenvalue weighted by Crippen LogP contribution is -2.12. The standard InChI is InChI=1S/C11H8F2N2O2S2/c12-7-1-2-8-10(9(7)13)15(11(18)14-8)6-3-4-19(16,17)5-6/h1-4,6H,5H2,(H,14,18). The SMILES string of the molecule is O=S1(=O)C=CC(n2c(=S)[nH]c3ccc(F)c(F)c32)C1. The highest BCUT2D eigenvalue weighted by Crippen LogP contribution is 2.28. The molecule has 1 aliphatic heterocycles. The molecule has 1 aliphatic rings. The average Bonchev–Trinajstić information content (AvgIpc) is 2.84.